The largest absolute Gasteiger partial charge is 0.497 e. The summed E-state index contributed by atoms with van der Waals surface area (Å²) in [4.78, 5) is 2.30. The van der Waals surface area contributed by atoms with Crippen LogP contribution in [0.15, 0.2) is 18.2 Å². The van der Waals surface area contributed by atoms with E-state index in [4.69, 9.17) is 9.47 Å². The quantitative estimate of drug-likeness (QED) is 0.794. The smallest absolute Gasteiger partial charge is 0.142 e. The van der Waals surface area contributed by atoms with Crippen LogP contribution < -0.4 is 14.8 Å². The van der Waals surface area contributed by atoms with Crippen LogP contribution >= 0.6 is 0 Å². The molecule has 5 heteroatoms. The average molecular weight is 280 g/mol. The molecule has 1 aliphatic heterocycles. The number of aliphatic hydroxyl groups excluding tert-OH is 1. The highest BCUT2D eigenvalue weighted by molar-refractivity contribution is 5.59. The van der Waals surface area contributed by atoms with Gasteiger partial charge in [0.2, 0.25) is 0 Å². The molecule has 5 nitrogen and oxygen atoms in total. The van der Waals surface area contributed by atoms with Crippen LogP contribution in [-0.4, -0.2) is 56.5 Å². The first kappa shape index (κ1) is 14.9. The van der Waals surface area contributed by atoms with E-state index in [0.717, 1.165) is 36.8 Å². The van der Waals surface area contributed by atoms with Crippen LogP contribution in [0, 0.1) is 0 Å². The molecule has 0 radical (unpaired) electrons. The van der Waals surface area contributed by atoms with Gasteiger partial charge in [-0.3, -0.25) is 0 Å². The van der Waals surface area contributed by atoms with Gasteiger partial charge in [-0.25, -0.2) is 0 Å². The summed E-state index contributed by atoms with van der Waals surface area (Å²) in [6.07, 6.45) is 2.09. The molecule has 0 saturated carbocycles. The second-order valence-electron chi connectivity index (χ2n) is 5.11. The summed E-state index contributed by atoms with van der Waals surface area (Å²) in [6.45, 7) is 3.42. The van der Waals surface area contributed by atoms with Gasteiger partial charge in [0, 0.05) is 19.2 Å². The number of nitrogens with zero attached hydrogens (tertiary/aromatic N) is 1. The van der Waals surface area contributed by atoms with Crippen molar-refractivity contribution in [3.05, 3.63) is 18.2 Å². The van der Waals surface area contributed by atoms with Crippen LogP contribution in [0.25, 0.3) is 0 Å². The number of hydrogen-bond donors (Lipinski definition) is 2. The molecule has 0 aliphatic carbocycles. The molecule has 1 aliphatic rings. The minimum Gasteiger partial charge on any atom is -0.497 e. The Morgan fingerprint density at radius 3 is 2.65 bits per heavy atom. The maximum Gasteiger partial charge on any atom is 0.142 e. The third-order valence-electron chi connectivity index (χ3n) is 3.60. The van der Waals surface area contributed by atoms with Crippen molar-refractivity contribution in [1.82, 2.24) is 4.90 Å². The van der Waals surface area contributed by atoms with Crippen LogP contribution in [0.4, 0.5) is 5.69 Å². The summed E-state index contributed by atoms with van der Waals surface area (Å²) < 4.78 is 10.5. The summed E-state index contributed by atoms with van der Waals surface area (Å²) in [5, 5.41) is 13.3. The number of hydrogen-bond acceptors (Lipinski definition) is 5. The molecule has 1 heterocycles. The number of β-amino-alcohol motifs (C(OH)–C–C–N with tert-alkyl or cyclic N) is 1. The van der Waals surface area contributed by atoms with Crippen molar-refractivity contribution in [3.63, 3.8) is 0 Å². The highest BCUT2D eigenvalue weighted by atomic mass is 16.5. The average Bonchev–Trinajstić information content (AvgIpc) is 2.97. The first-order chi connectivity index (χ1) is 9.72. The lowest BCUT2D eigenvalue weighted by atomic mass is 10.2. The molecule has 2 N–H and O–H groups in total. The van der Waals surface area contributed by atoms with Crippen LogP contribution in [0.1, 0.15) is 12.8 Å². The van der Waals surface area contributed by atoms with E-state index >= 15 is 0 Å². The van der Waals surface area contributed by atoms with Gasteiger partial charge in [0.1, 0.15) is 11.5 Å². The second-order valence-corrected chi connectivity index (χ2v) is 5.11. The van der Waals surface area contributed by atoms with E-state index in [-0.39, 0.29) is 6.10 Å². The van der Waals surface area contributed by atoms with Gasteiger partial charge in [0.15, 0.2) is 0 Å². The van der Waals surface area contributed by atoms with Crippen molar-refractivity contribution in [2.45, 2.75) is 18.9 Å². The molecule has 1 unspecified atom stereocenters. The Bertz CT molecular complexity index is 420. The summed E-state index contributed by atoms with van der Waals surface area (Å²) in [5.41, 5.74) is 0.840. The summed E-state index contributed by atoms with van der Waals surface area (Å²) >= 11 is 0. The van der Waals surface area contributed by atoms with Gasteiger partial charge < -0.3 is 24.8 Å². The molecule has 1 fully saturated rings. The molecule has 0 aromatic heterocycles. The Labute approximate surface area is 120 Å². The Balaban J connectivity index is 1.88. The van der Waals surface area contributed by atoms with Crippen LogP contribution in [0.2, 0.25) is 0 Å². The second kappa shape index (κ2) is 7.36. The molecule has 1 saturated heterocycles. The van der Waals surface area contributed by atoms with Crippen molar-refractivity contribution in [3.8, 4) is 11.5 Å². The third kappa shape index (κ3) is 4.02. The first-order valence-electron chi connectivity index (χ1n) is 7.09. The molecule has 2 rings (SSSR count). The van der Waals surface area contributed by atoms with Gasteiger partial charge in [0.05, 0.1) is 26.0 Å². The van der Waals surface area contributed by atoms with Gasteiger partial charge >= 0.3 is 0 Å². The fourth-order valence-electron chi connectivity index (χ4n) is 2.51. The molecule has 0 bridgehead atoms. The molecule has 20 heavy (non-hydrogen) atoms. The summed E-state index contributed by atoms with van der Waals surface area (Å²) in [7, 11) is 3.27. The summed E-state index contributed by atoms with van der Waals surface area (Å²) in [6, 6.07) is 5.58. The van der Waals surface area contributed by atoms with Crippen LogP contribution in [0.5, 0.6) is 11.5 Å². The zero-order chi connectivity index (χ0) is 14.4. The number of ether oxygens (including phenoxy) is 2. The van der Waals surface area contributed by atoms with Gasteiger partial charge in [-0.15, -0.1) is 0 Å². The Morgan fingerprint density at radius 2 is 2.00 bits per heavy atom. The van der Waals surface area contributed by atoms with Gasteiger partial charge in [-0.1, -0.05) is 0 Å². The number of aliphatic hydroxyl groups is 1. The van der Waals surface area contributed by atoms with E-state index in [2.05, 4.69) is 10.2 Å². The number of nitrogens with one attached hydrogen (secondary N) is 1. The molecule has 1 aromatic rings. The highest BCUT2D eigenvalue weighted by Crippen LogP contribution is 2.28. The number of methoxy groups -OCH3 is 2. The van der Waals surface area contributed by atoms with Gasteiger partial charge in [-0.2, -0.15) is 0 Å². The van der Waals surface area contributed by atoms with Crippen molar-refractivity contribution in [2.75, 3.05) is 45.7 Å². The maximum absolute atomic E-state index is 10.1. The van der Waals surface area contributed by atoms with Crippen LogP contribution in [-0.2, 0) is 0 Å². The van der Waals surface area contributed by atoms with Crippen molar-refractivity contribution in [1.29, 1.82) is 0 Å². The molecule has 1 atom stereocenters. The van der Waals surface area contributed by atoms with E-state index in [9.17, 15) is 5.11 Å². The number of benzene rings is 1. The predicted molar refractivity (Wildman–Crippen MR) is 79.7 cm³/mol. The number of likely N-dealkylation sites (tertiary alicyclic amines) is 1. The Morgan fingerprint density at radius 1 is 1.25 bits per heavy atom. The van der Waals surface area contributed by atoms with E-state index in [0.29, 0.717) is 6.54 Å². The van der Waals surface area contributed by atoms with E-state index < -0.39 is 0 Å². The number of anilines is 1. The lowest BCUT2D eigenvalue weighted by Gasteiger charge is -2.20. The zero-order valence-corrected chi connectivity index (χ0v) is 12.3. The fourth-order valence-corrected chi connectivity index (χ4v) is 2.51. The molecule has 1 aromatic carbocycles. The predicted octanol–water partition coefficient (Wildman–Crippen LogP) is 1.57. The lowest BCUT2D eigenvalue weighted by molar-refractivity contribution is 0.135. The van der Waals surface area contributed by atoms with Crippen molar-refractivity contribution >= 4 is 5.69 Å². The SMILES string of the molecule is COc1ccc(OC)c(NCC(O)CN2CCCC2)c1. The fraction of sp³-hybridized carbons (Fsp3) is 0.600. The van der Waals surface area contributed by atoms with E-state index in [1.54, 1.807) is 14.2 Å². The van der Waals surface area contributed by atoms with Crippen LogP contribution in [0.3, 0.4) is 0 Å². The van der Waals surface area contributed by atoms with E-state index in [1.807, 2.05) is 18.2 Å². The Hall–Kier alpha value is -1.46. The minimum atomic E-state index is -0.385. The molecule has 112 valence electrons. The zero-order valence-electron chi connectivity index (χ0n) is 12.3. The third-order valence-corrected chi connectivity index (χ3v) is 3.60. The molecule has 0 spiro atoms. The van der Waals surface area contributed by atoms with E-state index in [1.165, 1.54) is 12.8 Å². The first-order valence-corrected chi connectivity index (χ1v) is 7.09. The highest BCUT2D eigenvalue weighted by Gasteiger charge is 2.16. The minimum absolute atomic E-state index is 0.385. The monoisotopic (exact) mass is 280 g/mol. The maximum atomic E-state index is 10.1. The molecule has 0 amide bonds. The lowest BCUT2D eigenvalue weighted by Crippen LogP contribution is -2.34. The van der Waals surface area contributed by atoms with Crippen molar-refractivity contribution in [2.24, 2.45) is 0 Å². The normalized spacial score (nSPS) is 16.9. The van der Waals surface area contributed by atoms with Crippen molar-refractivity contribution < 1.29 is 14.6 Å². The molecular formula is C15H24N2O3. The summed E-state index contributed by atoms with van der Waals surface area (Å²) in [5.74, 6) is 1.52. The Kier molecular flexibility index (Phi) is 5.49. The standard InChI is InChI=1S/C15H24N2O3/c1-19-13-5-6-15(20-2)14(9-13)16-10-12(18)11-17-7-3-4-8-17/h5-6,9,12,16,18H,3-4,7-8,10-11H2,1-2H3. The van der Waals surface area contributed by atoms with Gasteiger partial charge in [-0.05, 0) is 38.1 Å². The van der Waals surface area contributed by atoms with Gasteiger partial charge in [0.25, 0.3) is 0 Å². The molecular weight excluding hydrogens is 256 g/mol. The topological polar surface area (TPSA) is 54.0 Å². The number of rotatable bonds is 7.